The minimum Gasteiger partial charge on any atom is -0.481 e. The molecule has 0 radical (unpaired) electrons. The number of hydrogen-bond acceptors (Lipinski definition) is 4. The zero-order valence-electron chi connectivity index (χ0n) is 9.28. The van der Waals surface area contributed by atoms with E-state index in [1.165, 1.54) is 5.38 Å². The van der Waals surface area contributed by atoms with Crippen molar-refractivity contribution < 1.29 is 18.7 Å². The van der Waals surface area contributed by atoms with Crippen LogP contribution in [0, 0.1) is 11.6 Å². The van der Waals surface area contributed by atoms with Gasteiger partial charge in [-0.3, -0.25) is 4.79 Å². The first-order valence-corrected chi connectivity index (χ1v) is 6.70. The average Bonchev–Trinajstić information content (AvgIpc) is 2.70. The zero-order chi connectivity index (χ0) is 14.0. The summed E-state index contributed by atoms with van der Waals surface area (Å²) in [4.78, 5) is 14.4. The van der Waals surface area contributed by atoms with Crippen LogP contribution in [0.2, 0.25) is 0 Å². The van der Waals surface area contributed by atoms with Crippen molar-refractivity contribution in [2.45, 2.75) is 6.42 Å². The fraction of sp³-hybridized carbons (Fsp3) is 0.0909. The molecule has 4 nitrogen and oxygen atoms in total. The summed E-state index contributed by atoms with van der Waals surface area (Å²) in [6, 6.07) is 2.24. The van der Waals surface area contributed by atoms with Gasteiger partial charge in [0.2, 0.25) is 0 Å². The van der Waals surface area contributed by atoms with Crippen LogP contribution in [0.25, 0.3) is 0 Å². The number of nitrogens with one attached hydrogen (secondary N) is 1. The second kappa shape index (κ2) is 5.62. The third kappa shape index (κ3) is 3.48. The Kier molecular flexibility index (Phi) is 4.11. The number of anilines is 2. The summed E-state index contributed by atoms with van der Waals surface area (Å²) in [5, 5.41) is 12.9. The van der Waals surface area contributed by atoms with Crippen molar-refractivity contribution in [1.29, 1.82) is 0 Å². The molecule has 1 aromatic heterocycles. The lowest BCUT2D eigenvalue weighted by atomic mass is 10.3. The zero-order valence-corrected chi connectivity index (χ0v) is 11.7. The maximum absolute atomic E-state index is 13.6. The molecule has 1 heterocycles. The fourth-order valence-electron chi connectivity index (χ4n) is 1.37. The third-order valence-corrected chi connectivity index (χ3v) is 3.39. The molecule has 8 heteroatoms. The molecule has 2 N–H and O–H groups in total. The normalized spacial score (nSPS) is 10.5. The molecule has 0 aliphatic heterocycles. The molecule has 0 saturated heterocycles. The van der Waals surface area contributed by atoms with Gasteiger partial charge < -0.3 is 10.4 Å². The number of aromatic nitrogens is 1. The van der Waals surface area contributed by atoms with Crippen molar-refractivity contribution in [2.75, 3.05) is 5.32 Å². The number of carboxylic acids is 1. The highest BCUT2D eigenvalue weighted by molar-refractivity contribution is 9.10. The van der Waals surface area contributed by atoms with E-state index in [4.69, 9.17) is 5.11 Å². The molecule has 0 unspecified atom stereocenters. The molecule has 19 heavy (non-hydrogen) atoms. The van der Waals surface area contributed by atoms with Crippen molar-refractivity contribution in [2.24, 2.45) is 0 Å². The van der Waals surface area contributed by atoms with E-state index < -0.39 is 17.6 Å². The number of carboxylic acid groups (broad SMARTS) is 1. The van der Waals surface area contributed by atoms with Crippen molar-refractivity contribution in [3.05, 3.63) is 39.3 Å². The highest BCUT2D eigenvalue weighted by Gasteiger charge is 2.13. The van der Waals surface area contributed by atoms with Crippen LogP contribution >= 0.6 is 27.3 Å². The number of hydrogen-bond donors (Lipinski definition) is 2. The summed E-state index contributed by atoms with van der Waals surface area (Å²) in [6.45, 7) is 0. The van der Waals surface area contributed by atoms with Gasteiger partial charge in [-0.25, -0.2) is 13.8 Å². The summed E-state index contributed by atoms with van der Waals surface area (Å²) in [5.41, 5.74) is 0.0114. The molecule has 0 aliphatic carbocycles. The van der Waals surface area contributed by atoms with Crippen LogP contribution in [-0.4, -0.2) is 16.1 Å². The topological polar surface area (TPSA) is 62.2 Å². The molecule has 0 fully saturated rings. The highest BCUT2D eigenvalue weighted by Crippen LogP contribution is 2.28. The Morgan fingerprint density at radius 3 is 2.63 bits per heavy atom. The average molecular weight is 349 g/mol. The quantitative estimate of drug-likeness (QED) is 0.886. The Hall–Kier alpha value is -1.54. The Bertz CT molecular complexity index is 610. The van der Waals surface area contributed by atoms with E-state index >= 15 is 0 Å². The Labute approximate surface area is 119 Å². The van der Waals surface area contributed by atoms with E-state index in [2.05, 4.69) is 26.2 Å². The van der Waals surface area contributed by atoms with Crippen LogP contribution in [0.3, 0.4) is 0 Å². The predicted molar refractivity (Wildman–Crippen MR) is 70.8 cm³/mol. The van der Waals surface area contributed by atoms with Gasteiger partial charge in [-0.15, -0.1) is 11.3 Å². The molecule has 1 aromatic carbocycles. The van der Waals surface area contributed by atoms with Crippen LogP contribution < -0.4 is 5.32 Å². The number of rotatable bonds is 4. The van der Waals surface area contributed by atoms with E-state index in [1.54, 1.807) is 0 Å². The van der Waals surface area contributed by atoms with Gasteiger partial charge in [-0.1, -0.05) is 15.9 Å². The van der Waals surface area contributed by atoms with Gasteiger partial charge in [0.25, 0.3) is 0 Å². The van der Waals surface area contributed by atoms with Gasteiger partial charge in [-0.2, -0.15) is 0 Å². The van der Waals surface area contributed by atoms with E-state index in [0.29, 0.717) is 10.2 Å². The van der Waals surface area contributed by atoms with E-state index in [-0.39, 0.29) is 17.2 Å². The second-order valence-corrected chi connectivity index (χ2v) is 5.36. The summed E-state index contributed by atoms with van der Waals surface area (Å²) in [6.07, 6.45) is -0.233. The van der Waals surface area contributed by atoms with Gasteiger partial charge in [0.05, 0.1) is 12.1 Å². The number of nitrogens with zero attached hydrogens (tertiary/aromatic N) is 1. The van der Waals surface area contributed by atoms with E-state index in [9.17, 15) is 13.6 Å². The number of benzene rings is 1. The van der Waals surface area contributed by atoms with Crippen LogP contribution in [0.5, 0.6) is 0 Å². The predicted octanol–water partition coefficient (Wildman–Crippen LogP) is 3.55. The van der Waals surface area contributed by atoms with Gasteiger partial charge in [0.1, 0.15) is 5.69 Å². The smallest absolute Gasteiger partial charge is 0.309 e. The first kappa shape index (κ1) is 13.9. The molecular formula is C11H7BrF2N2O2S. The van der Waals surface area contributed by atoms with Gasteiger partial charge in [0, 0.05) is 9.85 Å². The molecule has 2 aromatic rings. The number of halogens is 3. The molecule has 0 aliphatic rings. The molecule has 0 bridgehead atoms. The van der Waals surface area contributed by atoms with Crippen LogP contribution in [0.1, 0.15) is 5.69 Å². The van der Waals surface area contributed by atoms with Gasteiger partial charge in [0.15, 0.2) is 16.8 Å². The molecule has 2 rings (SSSR count). The van der Waals surface area contributed by atoms with Crippen LogP contribution in [0.4, 0.5) is 19.6 Å². The SMILES string of the molecule is O=C(O)Cc1csc(Nc2c(F)cc(Br)cc2F)n1. The van der Waals surface area contributed by atoms with Crippen molar-refractivity contribution >= 4 is 44.1 Å². The number of aliphatic carboxylic acids is 1. The van der Waals surface area contributed by atoms with Gasteiger partial charge >= 0.3 is 5.97 Å². The van der Waals surface area contributed by atoms with Crippen molar-refractivity contribution in [1.82, 2.24) is 4.98 Å². The van der Waals surface area contributed by atoms with E-state index in [0.717, 1.165) is 23.5 Å². The Morgan fingerprint density at radius 2 is 2.05 bits per heavy atom. The monoisotopic (exact) mass is 348 g/mol. The molecular weight excluding hydrogens is 342 g/mol. The summed E-state index contributed by atoms with van der Waals surface area (Å²) in [7, 11) is 0. The largest absolute Gasteiger partial charge is 0.481 e. The fourth-order valence-corrected chi connectivity index (χ4v) is 2.49. The second-order valence-electron chi connectivity index (χ2n) is 3.58. The Morgan fingerprint density at radius 1 is 1.42 bits per heavy atom. The maximum Gasteiger partial charge on any atom is 0.309 e. The highest BCUT2D eigenvalue weighted by atomic mass is 79.9. The lowest BCUT2D eigenvalue weighted by molar-refractivity contribution is -0.136. The minimum atomic E-state index is -1.02. The summed E-state index contributed by atoms with van der Waals surface area (Å²) in [5.74, 6) is -2.54. The first-order chi connectivity index (χ1) is 8.95. The Balaban J connectivity index is 2.22. The molecule has 0 amide bonds. The molecule has 0 saturated carbocycles. The number of carbonyl (C=O) groups is 1. The minimum absolute atomic E-state index is 0.233. The standard InChI is InChI=1S/C11H7BrF2N2O2S/c12-5-1-7(13)10(8(14)2-5)16-11-15-6(4-19-11)3-9(17)18/h1-2,4H,3H2,(H,15,16)(H,17,18). The lowest BCUT2D eigenvalue weighted by Crippen LogP contribution is -2.01. The summed E-state index contributed by atoms with van der Waals surface area (Å²) >= 11 is 4.06. The van der Waals surface area contributed by atoms with E-state index in [1.807, 2.05) is 0 Å². The van der Waals surface area contributed by atoms with Crippen molar-refractivity contribution in [3.8, 4) is 0 Å². The van der Waals surface area contributed by atoms with Crippen molar-refractivity contribution in [3.63, 3.8) is 0 Å². The molecule has 100 valence electrons. The van der Waals surface area contributed by atoms with Crippen LogP contribution in [0.15, 0.2) is 22.0 Å². The lowest BCUT2D eigenvalue weighted by Gasteiger charge is -2.06. The maximum atomic E-state index is 13.6. The molecule has 0 spiro atoms. The summed E-state index contributed by atoms with van der Waals surface area (Å²) < 4.78 is 27.4. The third-order valence-electron chi connectivity index (χ3n) is 2.12. The van der Waals surface area contributed by atoms with Crippen LogP contribution in [-0.2, 0) is 11.2 Å². The van der Waals surface area contributed by atoms with Gasteiger partial charge in [-0.05, 0) is 12.1 Å². The number of thiazole rings is 1. The molecule has 0 atom stereocenters. The first-order valence-electron chi connectivity index (χ1n) is 5.03.